The number of thioether (sulfide) groups is 1. The predicted molar refractivity (Wildman–Crippen MR) is 72.6 cm³/mol. The standard InChI is InChI=1S/C11H11N3O2S2/c1-16-8-5-3-7(4-6-8)9(15)12-10-13-11(17-2)14-18-10/h3-6H,1-2H3,(H,12,13,14,15). The Morgan fingerprint density at radius 3 is 2.67 bits per heavy atom. The topological polar surface area (TPSA) is 64.1 Å². The number of amides is 1. The third-order valence-electron chi connectivity index (χ3n) is 2.16. The summed E-state index contributed by atoms with van der Waals surface area (Å²) in [6, 6.07) is 6.88. The van der Waals surface area contributed by atoms with Gasteiger partial charge in [0.1, 0.15) is 5.75 Å². The van der Waals surface area contributed by atoms with Crippen LogP contribution in [0, 0.1) is 0 Å². The van der Waals surface area contributed by atoms with Crippen molar-refractivity contribution in [2.45, 2.75) is 5.16 Å². The number of ether oxygens (including phenoxy) is 1. The predicted octanol–water partition coefficient (Wildman–Crippen LogP) is 2.52. The lowest BCUT2D eigenvalue weighted by Gasteiger charge is -2.02. The molecular weight excluding hydrogens is 270 g/mol. The van der Waals surface area contributed by atoms with Crippen molar-refractivity contribution in [1.82, 2.24) is 9.36 Å². The van der Waals surface area contributed by atoms with Crippen LogP contribution in [0.1, 0.15) is 10.4 Å². The smallest absolute Gasteiger partial charge is 0.257 e. The maximum absolute atomic E-state index is 11.9. The summed E-state index contributed by atoms with van der Waals surface area (Å²) < 4.78 is 9.10. The first-order chi connectivity index (χ1) is 8.72. The van der Waals surface area contributed by atoms with Crippen LogP contribution in [0.15, 0.2) is 29.4 Å². The van der Waals surface area contributed by atoms with E-state index in [2.05, 4.69) is 14.7 Å². The highest BCUT2D eigenvalue weighted by Crippen LogP contribution is 2.19. The summed E-state index contributed by atoms with van der Waals surface area (Å²) in [5.74, 6) is 0.508. The second-order valence-corrected chi connectivity index (χ2v) is 4.79. The third kappa shape index (κ3) is 2.99. The van der Waals surface area contributed by atoms with Gasteiger partial charge < -0.3 is 4.74 Å². The highest BCUT2D eigenvalue weighted by molar-refractivity contribution is 7.98. The molecule has 0 unspecified atom stereocenters. The maximum atomic E-state index is 11.9. The summed E-state index contributed by atoms with van der Waals surface area (Å²) in [7, 11) is 1.58. The SMILES string of the molecule is COc1ccc(C(=O)Nc2nc(SC)ns2)cc1. The highest BCUT2D eigenvalue weighted by atomic mass is 32.2. The molecule has 0 bridgehead atoms. The molecule has 94 valence electrons. The highest BCUT2D eigenvalue weighted by Gasteiger charge is 2.09. The molecule has 0 aliphatic carbocycles. The number of methoxy groups -OCH3 is 1. The van der Waals surface area contributed by atoms with Gasteiger partial charge in [0.05, 0.1) is 7.11 Å². The Bertz CT molecular complexity index is 539. The van der Waals surface area contributed by atoms with E-state index in [0.29, 0.717) is 21.6 Å². The Morgan fingerprint density at radius 2 is 2.11 bits per heavy atom. The number of rotatable bonds is 4. The lowest BCUT2D eigenvalue weighted by atomic mass is 10.2. The minimum Gasteiger partial charge on any atom is -0.497 e. The van der Waals surface area contributed by atoms with E-state index in [1.54, 1.807) is 31.4 Å². The van der Waals surface area contributed by atoms with Crippen molar-refractivity contribution >= 4 is 34.3 Å². The van der Waals surface area contributed by atoms with Crippen molar-refractivity contribution < 1.29 is 9.53 Å². The van der Waals surface area contributed by atoms with Crippen LogP contribution in [0.2, 0.25) is 0 Å². The summed E-state index contributed by atoms with van der Waals surface area (Å²) in [4.78, 5) is 16.0. The first kappa shape index (κ1) is 12.8. The van der Waals surface area contributed by atoms with Crippen molar-refractivity contribution in [3.8, 4) is 5.75 Å². The molecule has 0 saturated carbocycles. The Hall–Kier alpha value is -1.60. The van der Waals surface area contributed by atoms with E-state index in [1.165, 1.54) is 23.3 Å². The largest absolute Gasteiger partial charge is 0.497 e. The minimum absolute atomic E-state index is 0.207. The zero-order chi connectivity index (χ0) is 13.0. The maximum Gasteiger partial charge on any atom is 0.257 e. The minimum atomic E-state index is -0.207. The number of carbonyl (C=O) groups is 1. The van der Waals surface area contributed by atoms with Crippen molar-refractivity contribution in [3.05, 3.63) is 29.8 Å². The number of hydrogen-bond acceptors (Lipinski definition) is 6. The van der Waals surface area contributed by atoms with Crippen LogP contribution in [0.25, 0.3) is 0 Å². The van der Waals surface area contributed by atoms with Crippen LogP contribution in [0.5, 0.6) is 5.75 Å². The van der Waals surface area contributed by atoms with Gasteiger partial charge in [-0.05, 0) is 30.5 Å². The molecule has 0 fully saturated rings. The van der Waals surface area contributed by atoms with Gasteiger partial charge in [-0.3, -0.25) is 10.1 Å². The molecule has 0 aliphatic heterocycles. The van der Waals surface area contributed by atoms with E-state index in [-0.39, 0.29) is 5.91 Å². The Labute approximate surface area is 113 Å². The molecule has 2 rings (SSSR count). The number of nitrogens with zero attached hydrogens (tertiary/aromatic N) is 2. The van der Waals surface area contributed by atoms with Gasteiger partial charge in [-0.15, -0.1) is 0 Å². The molecule has 0 atom stereocenters. The Kier molecular flexibility index (Phi) is 4.16. The molecule has 18 heavy (non-hydrogen) atoms. The van der Waals surface area contributed by atoms with E-state index in [9.17, 15) is 4.79 Å². The molecule has 1 aromatic heterocycles. The van der Waals surface area contributed by atoms with Crippen molar-refractivity contribution in [2.75, 3.05) is 18.7 Å². The van der Waals surface area contributed by atoms with E-state index in [1.807, 2.05) is 6.26 Å². The summed E-state index contributed by atoms with van der Waals surface area (Å²) in [5, 5.41) is 3.86. The van der Waals surface area contributed by atoms with Gasteiger partial charge in [0.25, 0.3) is 5.91 Å². The second kappa shape index (κ2) is 5.83. The van der Waals surface area contributed by atoms with Gasteiger partial charge in [0, 0.05) is 17.1 Å². The number of benzene rings is 1. The first-order valence-electron chi connectivity index (χ1n) is 5.06. The van der Waals surface area contributed by atoms with Gasteiger partial charge in [-0.25, -0.2) is 0 Å². The normalized spacial score (nSPS) is 10.1. The fourth-order valence-corrected chi connectivity index (χ4v) is 2.38. The molecule has 0 saturated heterocycles. The van der Waals surface area contributed by atoms with Gasteiger partial charge in [-0.2, -0.15) is 9.36 Å². The molecular formula is C11H11N3O2S2. The molecule has 2 aromatic rings. The van der Waals surface area contributed by atoms with Crippen LogP contribution < -0.4 is 10.1 Å². The molecule has 0 spiro atoms. The molecule has 1 N–H and O–H groups in total. The zero-order valence-electron chi connectivity index (χ0n) is 9.84. The number of carbonyl (C=O) groups excluding carboxylic acids is 1. The molecule has 1 heterocycles. The summed E-state index contributed by atoms with van der Waals surface area (Å²) in [5.41, 5.74) is 0.553. The van der Waals surface area contributed by atoms with E-state index in [4.69, 9.17) is 4.74 Å². The molecule has 1 aromatic carbocycles. The second-order valence-electron chi connectivity index (χ2n) is 3.27. The van der Waals surface area contributed by atoms with Gasteiger partial charge >= 0.3 is 0 Å². The zero-order valence-corrected chi connectivity index (χ0v) is 11.5. The fourth-order valence-electron chi connectivity index (χ4n) is 1.26. The third-order valence-corrected chi connectivity index (χ3v) is 3.46. The molecule has 0 aliphatic rings. The van der Waals surface area contributed by atoms with Gasteiger partial charge in [-0.1, -0.05) is 11.8 Å². The van der Waals surface area contributed by atoms with E-state index in [0.717, 1.165) is 0 Å². The Balaban J connectivity index is 2.06. The monoisotopic (exact) mass is 281 g/mol. The number of aromatic nitrogens is 2. The van der Waals surface area contributed by atoms with Crippen molar-refractivity contribution in [1.29, 1.82) is 0 Å². The number of anilines is 1. The number of hydrogen-bond donors (Lipinski definition) is 1. The first-order valence-corrected chi connectivity index (χ1v) is 7.06. The lowest BCUT2D eigenvalue weighted by Crippen LogP contribution is -2.11. The van der Waals surface area contributed by atoms with Crippen LogP contribution in [-0.4, -0.2) is 28.6 Å². The quantitative estimate of drug-likeness (QED) is 0.872. The van der Waals surface area contributed by atoms with Crippen LogP contribution in [0.4, 0.5) is 5.13 Å². The Morgan fingerprint density at radius 1 is 1.39 bits per heavy atom. The molecule has 7 heteroatoms. The van der Waals surface area contributed by atoms with E-state index < -0.39 is 0 Å². The van der Waals surface area contributed by atoms with Crippen LogP contribution in [0.3, 0.4) is 0 Å². The average molecular weight is 281 g/mol. The van der Waals surface area contributed by atoms with Crippen LogP contribution >= 0.6 is 23.3 Å². The molecule has 0 radical (unpaired) electrons. The van der Waals surface area contributed by atoms with E-state index >= 15 is 0 Å². The van der Waals surface area contributed by atoms with Gasteiger partial charge in [0.15, 0.2) is 0 Å². The van der Waals surface area contributed by atoms with Crippen molar-refractivity contribution in [2.24, 2.45) is 0 Å². The van der Waals surface area contributed by atoms with Gasteiger partial charge in [0.2, 0.25) is 10.3 Å². The summed E-state index contributed by atoms with van der Waals surface area (Å²) in [6.45, 7) is 0. The lowest BCUT2D eigenvalue weighted by molar-refractivity contribution is 0.102. The van der Waals surface area contributed by atoms with Crippen molar-refractivity contribution in [3.63, 3.8) is 0 Å². The molecule has 5 nitrogen and oxygen atoms in total. The average Bonchev–Trinajstić information content (AvgIpc) is 2.86. The fraction of sp³-hybridized carbons (Fsp3) is 0.182. The summed E-state index contributed by atoms with van der Waals surface area (Å²) >= 11 is 2.60. The summed E-state index contributed by atoms with van der Waals surface area (Å²) in [6.07, 6.45) is 1.89. The molecule has 1 amide bonds. The number of nitrogens with one attached hydrogen (secondary N) is 1. The van der Waals surface area contributed by atoms with Crippen LogP contribution in [-0.2, 0) is 0 Å².